The molecule has 1 unspecified atom stereocenters. The molecule has 0 saturated heterocycles. The van der Waals surface area contributed by atoms with Gasteiger partial charge in [-0.15, -0.1) is 13.2 Å². The van der Waals surface area contributed by atoms with Gasteiger partial charge in [-0.3, -0.25) is 4.79 Å². The molecular formula is C36H56F3N5O4. The Kier molecular flexibility index (Phi) is 14.7. The Hall–Kier alpha value is -3.70. The molecule has 270 valence electrons. The van der Waals surface area contributed by atoms with Crippen molar-refractivity contribution in [3.05, 3.63) is 51.6 Å². The molecule has 0 radical (unpaired) electrons. The van der Waals surface area contributed by atoms with Crippen LogP contribution in [0.3, 0.4) is 0 Å². The van der Waals surface area contributed by atoms with Gasteiger partial charge in [-0.2, -0.15) is 0 Å². The average Bonchev–Trinajstić information content (AvgIpc) is 2.95. The van der Waals surface area contributed by atoms with Crippen LogP contribution in [-0.2, 0) is 11.2 Å². The largest absolute Gasteiger partial charge is 0.573 e. The van der Waals surface area contributed by atoms with E-state index in [-0.39, 0.29) is 29.8 Å². The molecule has 2 saturated carbocycles. The number of rotatable bonds is 20. The highest BCUT2D eigenvalue weighted by Crippen LogP contribution is 2.40. The molecule has 0 aliphatic heterocycles. The number of aliphatic carboxylic acids is 1. The number of allylic oxidation sites excluding steroid dienone is 1. The Morgan fingerprint density at radius 1 is 1.02 bits per heavy atom. The Morgan fingerprint density at radius 2 is 1.73 bits per heavy atom. The van der Waals surface area contributed by atoms with Crippen molar-refractivity contribution < 1.29 is 32.9 Å². The predicted octanol–water partition coefficient (Wildman–Crippen LogP) is 7.26. The minimum absolute atomic E-state index is 0.115. The number of alkyl halides is 3. The fourth-order valence-electron chi connectivity index (χ4n) is 6.41. The third-order valence-electron chi connectivity index (χ3n) is 9.70. The number of phenols is 1. The molecule has 2 aliphatic rings. The normalized spacial score (nSPS) is 17.3. The molecule has 10 N–H and O–H groups in total. The maximum Gasteiger partial charge on any atom is 0.573 e. The fraction of sp³-hybridized carbons (Fsp3) is 0.639. The van der Waals surface area contributed by atoms with Gasteiger partial charge in [-0.1, -0.05) is 52.9 Å². The standard InChI is InChI=1S/C36H56F3N5O4/c1-4-7-15-28(32(40)31-25(18-22-11-8-12-22)19-27(20-30(31)45)48-36(37,38)39)29(21-43-33(41)23-13-9-14-23)34(42)44-26(6-3)17-16-24(10-5-2)35(46)47/h19-20,22,24,26,43-45H,4-18,21,40-42H2,1-3H3,(H,46,47)/b32-28-,34-29+/t24?,26-/m0/s1. The van der Waals surface area contributed by atoms with Crippen LogP contribution in [0.25, 0.3) is 5.70 Å². The van der Waals surface area contributed by atoms with Gasteiger partial charge in [0.1, 0.15) is 17.3 Å². The predicted molar refractivity (Wildman–Crippen MR) is 183 cm³/mol. The zero-order chi connectivity index (χ0) is 35.4. The number of carboxylic acids is 1. The lowest BCUT2D eigenvalue weighted by atomic mass is 9.79. The summed E-state index contributed by atoms with van der Waals surface area (Å²) in [7, 11) is 0. The van der Waals surface area contributed by atoms with Crippen LogP contribution in [0.15, 0.2) is 40.5 Å². The first kappa shape index (κ1) is 38.7. The average molecular weight is 680 g/mol. The number of nitrogens with one attached hydrogen (secondary N) is 2. The number of ether oxygens (including phenoxy) is 1. The zero-order valence-electron chi connectivity index (χ0n) is 28.8. The lowest BCUT2D eigenvalue weighted by Crippen LogP contribution is -2.36. The molecule has 3 rings (SSSR count). The monoisotopic (exact) mass is 679 g/mol. The quantitative estimate of drug-likeness (QED) is 0.0702. The van der Waals surface area contributed by atoms with Crippen LogP contribution in [0.1, 0.15) is 122 Å². The summed E-state index contributed by atoms with van der Waals surface area (Å²) in [6.45, 7) is 6.25. The summed E-state index contributed by atoms with van der Waals surface area (Å²) in [6.07, 6.45) is 6.60. The van der Waals surface area contributed by atoms with E-state index in [2.05, 4.69) is 15.4 Å². The Labute approximate surface area is 283 Å². The Bertz CT molecular complexity index is 1330. The van der Waals surface area contributed by atoms with E-state index >= 15 is 0 Å². The van der Waals surface area contributed by atoms with Crippen LogP contribution >= 0.6 is 0 Å². The molecule has 2 atom stereocenters. The second-order valence-electron chi connectivity index (χ2n) is 13.3. The van der Waals surface area contributed by atoms with E-state index in [0.29, 0.717) is 66.9 Å². The molecule has 9 nitrogen and oxygen atoms in total. The summed E-state index contributed by atoms with van der Waals surface area (Å²) < 4.78 is 43.8. The number of carbonyl (C=O) groups is 1. The molecule has 0 heterocycles. The SMILES string of the molecule is CCCCC(/C(CNC(N)=C1CCC1)=C(\N)N[C@@H](CC)CCC(CCC)C(=O)O)=C(/N)c1c(O)cc(OC(F)(F)F)cc1CC1CCC1. The molecular weight excluding hydrogens is 623 g/mol. The van der Waals surface area contributed by atoms with E-state index in [1.165, 1.54) is 6.07 Å². The van der Waals surface area contributed by atoms with Crippen molar-refractivity contribution >= 4 is 11.7 Å². The summed E-state index contributed by atoms with van der Waals surface area (Å²) in [5.74, 6) is -0.930. The van der Waals surface area contributed by atoms with Crippen LogP contribution in [0.5, 0.6) is 11.5 Å². The number of benzene rings is 1. The lowest BCUT2D eigenvalue weighted by molar-refractivity contribution is -0.274. The summed E-state index contributed by atoms with van der Waals surface area (Å²) in [5.41, 5.74) is 23.7. The topological polar surface area (TPSA) is 169 Å². The Morgan fingerprint density at radius 3 is 2.25 bits per heavy atom. The minimum atomic E-state index is -4.91. The van der Waals surface area contributed by atoms with Crippen molar-refractivity contribution in [2.24, 2.45) is 29.0 Å². The number of hydrogen-bond acceptors (Lipinski definition) is 8. The summed E-state index contributed by atoms with van der Waals surface area (Å²) >= 11 is 0. The van der Waals surface area contributed by atoms with Crippen molar-refractivity contribution in [3.8, 4) is 11.5 Å². The van der Waals surface area contributed by atoms with Gasteiger partial charge in [-0.25, -0.2) is 0 Å². The molecule has 12 heteroatoms. The first-order valence-corrected chi connectivity index (χ1v) is 17.6. The van der Waals surface area contributed by atoms with Gasteiger partial charge in [-0.05, 0) is 92.9 Å². The van der Waals surface area contributed by atoms with E-state index in [9.17, 15) is 28.2 Å². The summed E-state index contributed by atoms with van der Waals surface area (Å²) in [6, 6.07) is 2.17. The third-order valence-corrected chi connectivity index (χ3v) is 9.70. The van der Waals surface area contributed by atoms with E-state index in [4.69, 9.17) is 17.2 Å². The van der Waals surface area contributed by atoms with Crippen molar-refractivity contribution in [3.63, 3.8) is 0 Å². The summed E-state index contributed by atoms with van der Waals surface area (Å²) in [5, 5.41) is 27.7. The molecule has 0 spiro atoms. The molecule has 2 aliphatic carbocycles. The first-order valence-electron chi connectivity index (χ1n) is 17.6. The van der Waals surface area contributed by atoms with E-state index in [1.54, 1.807) is 0 Å². The Balaban J connectivity index is 2.12. The maximum absolute atomic E-state index is 13.2. The van der Waals surface area contributed by atoms with Gasteiger partial charge in [0.15, 0.2) is 0 Å². The van der Waals surface area contributed by atoms with Gasteiger partial charge in [0.25, 0.3) is 0 Å². The van der Waals surface area contributed by atoms with Gasteiger partial charge in [0.05, 0.1) is 11.7 Å². The molecule has 48 heavy (non-hydrogen) atoms. The van der Waals surface area contributed by atoms with Gasteiger partial charge >= 0.3 is 12.3 Å². The van der Waals surface area contributed by atoms with E-state index < -0.39 is 29.7 Å². The van der Waals surface area contributed by atoms with E-state index in [0.717, 1.165) is 69.4 Å². The highest BCUT2D eigenvalue weighted by molar-refractivity contribution is 5.77. The maximum atomic E-state index is 13.2. The number of halogens is 3. The molecule has 1 aromatic rings. The van der Waals surface area contributed by atoms with Crippen LogP contribution in [0.4, 0.5) is 13.2 Å². The molecule has 2 fully saturated rings. The second kappa shape index (κ2) is 18.2. The molecule has 0 amide bonds. The number of nitrogens with two attached hydrogens (primary N) is 3. The highest BCUT2D eigenvalue weighted by Gasteiger charge is 2.33. The van der Waals surface area contributed by atoms with Crippen molar-refractivity contribution in [2.75, 3.05) is 6.54 Å². The second-order valence-corrected chi connectivity index (χ2v) is 13.3. The smallest absolute Gasteiger partial charge is 0.507 e. The number of aromatic hydroxyl groups is 1. The van der Waals surface area contributed by atoms with Crippen LogP contribution in [0.2, 0.25) is 0 Å². The zero-order valence-corrected chi connectivity index (χ0v) is 28.8. The third kappa shape index (κ3) is 11.2. The van der Waals surface area contributed by atoms with Crippen LogP contribution in [-0.4, -0.2) is 35.1 Å². The van der Waals surface area contributed by atoms with Crippen LogP contribution in [0, 0.1) is 11.8 Å². The number of phenolic OH excluding ortho intramolecular Hbond substituents is 1. The molecule has 0 aromatic heterocycles. The fourth-order valence-corrected chi connectivity index (χ4v) is 6.41. The molecule has 1 aromatic carbocycles. The van der Waals surface area contributed by atoms with Crippen molar-refractivity contribution in [2.45, 2.75) is 129 Å². The lowest BCUT2D eigenvalue weighted by Gasteiger charge is -2.28. The first-order chi connectivity index (χ1) is 22.8. The number of carboxylic acid groups (broad SMARTS) is 1. The van der Waals surface area contributed by atoms with E-state index in [1.807, 2.05) is 20.8 Å². The molecule has 0 bridgehead atoms. The van der Waals surface area contributed by atoms with Gasteiger partial charge in [0, 0.05) is 35.5 Å². The summed E-state index contributed by atoms with van der Waals surface area (Å²) in [4.78, 5) is 11.8. The highest BCUT2D eigenvalue weighted by atomic mass is 19.4. The van der Waals surface area contributed by atoms with Gasteiger partial charge < -0.3 is 42.8 Å². The van der Waals surface area contributed by atoms with Crippen molar-refractivity contribution in [1.82, 2.24) is 10.6 Å². The number of unbranched alkanes of at least 4 members (excludes halogenated alkanes) is 1. The van der Waals surface area contributed by atoms with Crippen LogP contribution < -0.4 is 32.6 Å². The minimum Gasteiger partial charge on any atom is -0.507 e. The van der Waals surface area contributed by atoms with Crippen molar-refractivity contribution in [1.29, 1.82) is 0 Å². The number of hydrogen-bond donors (Lipinski definition) is 7. The van der Waals surface area contributed by atoms with Gasteiger partial charge in [0.2, 0.25) is 0 Å².